The zero-order valence-corrected chi connectivity index (χ0v) is 15.2. The van der Waals surface area contributed by atoms with Crippen molar-refractivity contribution in [2.24, 2.45) is 0 Å². The van der Waals surface area contributed by atoms with Crippen molar-refractivity contribution in [1.29, 1.82) is 0 Å². The molecule has 6 nitrogen and oxygen atoms in total. The Hall–Kier alpha value is -2.86. The lowest BCUT2D eigenvalue weighted by molar-refractivity contribution is -0.118. The van der Waals surface area contributed by atoms with Gasteiger partial charge in [-0.05, 0) is 36.4 Å². The van der Waals surface area contributed by atoms with Crippen LogP contribution in [0.4, 0.5) is 5.69 Å². The first-order valence-electron chi connectivity index (χ1n) is 8.14. The van der Waals surface area contributed by atoms with Crippen molar-refractivity contribution in [3.63, 3.8) is 0 Å². The maximum absolute atomic E-state index is 12.2. The quantitative estimate of drug-likeness (QED) is 0.688. The summed E-state index contributed by atoms with van der Waals surface area (Å²) in [5, 5.41) is 7.38. The minimum Gasteiger partial charge on any atom is -0.484 e. The van der Waals surface area contributed by atoms with Crippen LogP contribution in [0.25, 0.3) is 11.5 Å². The van der Waals surface area contributed by atoms with Crippen LogP contribution in [0, 0.1) is 0 Å². The molecule has 0 radical (unpaired) electrons. The third kappa shape index (κ3) is 4.40. The number of rotatable bonds is 6. The molecule has 0 aliphatic carbocycles. The maximum Gasteiger partial charge on any atom is 0.262 e. The minimum absolute atomic E-state index is 0.128. The van der Waals surface area contributed by atoms with Crippen molar-refractivity contribution in [1.82, 2.24) is 10.1 Å². The number of benzene rings is 2. The maximum atomic E-state index is 12.2. The van der Waals surface area contributed by atoms with Gasteiger partial charge < -0.3 is 14.6 Å². The van der Waals surface area contributed by atoms with Crippen LogP contribution >= 0.6 is 11.6 Å². The highest BCUT2D eigenvalue weighted by Crippen LogP contribution is 2.27. The van der Waals surface area contributed by atoms with Crippen molar-refractivity contribution in [2.75, 3.05) is 11.9 Å². The second kappa shape index (κ2) is 8.01. The Bertz CT molecular complexity index is 891. The fourth-order valence-corrected chi connectivity index (χ4v) is 2.35. The van der Waals surface area contributed by atoms with Crippen molar-refractivity contribution in [3.05, 3.63) is 59.4 Å². The molecule has 0 aliphatic rings. The molecule has 26 heavy (non-hydrogen) atoms. The van der Waals surface area contributed by atoms with E-state index in [0.717, 1.165) is 0 Å². The summed E-state index contributed by atoms with van der Waals surface area (Å²) in [4.78, 5) is 16.6. The molecule has 0 unspecified atom stereocenters. The highest BCUT2D eigenvalue weighted by molar-refractivity contribution is 6.30. The van der Waals surface area contributed by atoms with Crippen LogP contribution in [0.2, 0.25) is 5.02 Å². The molecule has 0 saturated heterocycles. The molecule has 2 aromatic carbocycles. The average Bonchev–Trinajstić information content (AvgIpc) is 3.12. The van der Waals surface area contributed by atoms with Gasteiger partial charge in [0, 0.05) is 10.9 Å². The first-order chi connectivity index (χ1) is 12.5. The molecule has 1 heterocycles. The zero-order valence-electron chi connectivity index (χ0n) is 14.4. The molecule has 0 saturated carbocycles. The van der Waals surface area contributed by atoms with Crippen LogP contribution < -0.4 is 10.1 Å². The van der Waals surface area contributed by atoms with E-state index in [2.05, 4.69) is 15.5 Å². The van der Waals surface area contributed by atoms with E-state index >= 15 is 0 Å². The summed E-state index contributed by atoms with van der Waals surface area (Å²) >= 11 is 5.82. The summed E-state index contributed by atoms with van der Waals surface area (Å²) in [6.45, 7) is 3.84. The fourth-order valence-electron chi connectivity index (χ4n) is 2.22. The number of halogens is 1. The number of anilines is 1. The van der Waals surface area contributed by atoms with Crippen LogP contribution in [0.3, 0.4) is 0 Å². The van der Waals surface area contributed by atoms with Gasteiger partial charge in [0.2, 0.25) is 0 Å². The van der Waals surface area contributed by atoms with Crippen molar-refractivity contribution >= 4 is 23.2 Å². The van der Waals surface area contributed by atoms with Crippen molar-refractivity contribution < 1.29 is 14.1 Å². The van der Waals surface area contributed by atoms with Gasteiger partial charge in [-0.2, -0.15) is 4.98 Å². The fraction of sp³-hybridized carbons (Fsp3) is 0.211. The van der Waals surface area contributed by atoms with Crippen molar-refractivity contribution in [3.8, 4) is 17.2 Å². The summed E-state index contributed by atoms with van der Waals surface area (Å²) in [5.41, 5.74) is 1.24. The normalized spacial score (nSPS) is 10.8. The zero-order chi connectivity index (χ0) is 18.5. The van der Waals surface area contributed by atoms with Gasteiger partial charge in [-0.1, -0.05) is 42.7 Å². The summed E-state index contributed by atoms with van der Waals surface area (Å²) in [7, 11) is 0. The van der Waals surface area contributed by atoms with Crippen LogP contribution in [-0.2, 0) is 4.79 Å². The number of hydrogen-bond acceptors (Lipinski definition) is 5. The van der Waals surface area contributed by atoms with Gasteiger partial charge in [-0.15, -0.1) is 0 Å². The Kier molecular flexibility index (Phi) is 5.53. The molecule has 3 rings (SSSR count). The van der Waals surface area contributed by atoms with E-state index in [-0.39, 0.29) is 18.4 Å². The van der Waals surface area contributed by atoms with E-state index in [4.69, 9.17) is 20.9 Å². The molecular weight excluding hydrogens is 354 g/mol. The van der Waals surface area contributed by atoms with Crippen LogP contribution in [0.5, 0.6) is 5.75 Å². The lowest BCUT2D eigenvalue weighted by Gasteiger charge is -2.09. The number of nitrogens with one attached hydrogen (secondary N) is 1. The predicted octanol–water partition coefficient (Wildman–Crippen LogP) is 4.53. The first-order valence-corrected chi connectivity index (χ1v) is 8.52. The van der Waals surface area contributed by atoms with Gasteiger partial charge in [0.25, 0.3) is 11.8 Å². The topological polar surface area (TPSA) is 77.2 Å². The number of ether oxygens (including phenoxy) is 1. The first kappa shape index (κ1) is 17.9. The highest BCUT2D eigenvalue weighted by atomic mass is 35.5. The monoisotopic (exact) mass is 371 g/mol. The average molecular weight is 372 g/mol. The number of nitrogens with zero attached hydrogens (tertiary/aromatic N) is 2. The summed E-state index contributed by atoms with van der Waals surface area (Å²) in [5.74, 6) is 1.41. The molecule has 0 fully saturated rings. The summed E-state index contributed by atoms with van der Waals surface area (Å²) in [6, 6.07) is 14.1. The second-order valence-corrected chi connectivity index (χ2v) is 6.39. The van der Waals surface area contributed by atoms with Gasteiger partial charge in [0.15, 0.2) is 12.4 Å². The standard InChI is InChI=1S/C19H18ClN3O3/c1-12(2)18-22-19(26-23-18)15-5-3-4-6-16(15)21-17(24)11-25-14-9-7-13(20)8-10-14/h3-10,12H,11H2,1-2H3,(H,21,24). The Morgan fingerprint density at radius 3 is 2.62 bits per heavy atom. The predicted molar refractivity (Wildman–Crippen MR) is 99.4 cm³/mol. The molecular formula is C19H18ClN3O3. The molecule has 0 spiro atoms. The largest absolute Gasteiger partial charge is 0.484 e. The smallest absolute Gasteiger partial charge is 0.262 e. The Morgan fingerprint density at radius 1 is 1.19 bits per heavy atom. The van der Waals surface area contributed by atoms with Gasteiger partial charge in [-0.25, -0.2) is 0 Å². The Balaban J connectivity index is 1.69. The molecule has 0 aliphatic heterocycles. The molecule has 1 N–H and O–H groups in total. The van der Waals surface area contributed by atoms with E-state index in [1.165, 1.54) is 0 Å². The number of carbonyl (C=O) groups excluding carboxylic acids is 1. The molecule has 134 valence electrons. The van der Waals surface area contributed by atoms with Crippen molar-refractivity contribution in [2.45, 2.75) is 19.8 Å². The lowest BCUT2D eigenvalue weighted by Crippen LogP contribution is -2.20. The SMILES string of the molecule is CC(C)c1noc(-c2ccccc2NC(=O)COc2ccc(Cl)cc2)n1. The van der Waals surface area contributed by atoms with Crippen LogP contribution in [-0.4, -0.2) is 22.7 Å². The van der Waals surface area contributed by atoms with Crippen LogP contribution in [0.15, 0.2) is 53.1 Å². The van der Waals surface area contributed by atoms with Gasteiger partial charge >= 0.3 is 0 Å². The lowest BCUT2D eigenvalue weighted by atomic mass is 10.1. The third-order valence-corrected chi connectivity index (χ3v) is 3.83. The number of aromatic nitrogens is 2. The molecule has 1 aromatic heterocycles. The van der Waals surface area contributed by atoms with Gasteiger partial charge in [-0.3, -0.25) is 4.79 Å². The molecule has 0 atom stereocenters. The van der Waals surface area contributed by atoms with E-state index < -0.39 is 0 Å². The van der Waals surface area contributed by atoms with Gasteiger partial charge in [0.1, 0.15) is 5.75 Å². The molecule has 7 heteroatoms. The molecule has 3 aromatic rings. The minimum atomic E-state index is -0.295. The van der Waals surface area contributed by atoms with E-state index in [0.29, 0.717) is 33.7 Å². The summed E-state index contributed by atoms with van der Waals surface area (Å²) in [6.07, 6.45) is 0. The Labute approximate surface area is 156 Å². The van der Waals surface area contributed by atoms with E-state index in [1.54, 1.807) is 30.3 Å². The van der Waals surface area contributed by atoms with Gasteiger partial charge in [0.05, 0.1) is 11.3 Å². The summed E-state index contributed by atoms with van der Waals surface area (Å²) < 4.78 is 10.8. The van der Waals surface area contributed by atoms with Crippen LogP contribution in [0.1, 0.15) is 25.6 Å². The second-order valence-electron chi connectivity index (χ2n) is 5.95. The number of carbonyl (C=O) groups is 1. The molecule has 0 bridgehead atoms. The number of para-hydroxylation sites is 1. The highest BCUT2D eigenvalue weighted by Gasteiger charge is 2.16. The number of amides is 1. The van der Waals surface area contributed by atoms with E-state index in [1.807, 2.05) is 32.0 Å². The number of hydrogen-bond donors (Lipinski definition) is 1. The third-order valence-electron chi connectivity index (χ3n) is 3.57. The van der Waals surface area contributed by atoms with E-state index in [9.17, 15) is 4.79 Å². The molecule has 1 amide bonds. The Morgan fingerprint density at radius 2 is 1.92 bits per heavy atom.